The number of rotatable bonds is 9. The summed E-state index contributed by atoms with van der Waals surface area (Å²) in [4.78, 5) is 17.3. The van der Waals surface area contributed by atoms with Crippen LogP contribution in [0.3, 0.4) is 0 Å². The van der Waals surface area contributed by atoms with Crippen molar-refractivity contribution in [2.24, 2.45) is 0 Å². The number of benzene rings is 2. The number of pyridine rings is 1. The number of carbonyl (C=O) groups is 1. The Morgan fingerprint density at radius 2 is 1.85 bits per heavy atom. The maximum atomic E-state index is 11.9. The number of thioether (sulfide) groups is 1. The second-order valence-electron chi connectivity index (χ2n) is 6.11. The summed E-state index contributed by atoms with van der Waals surface area (Å²) in [5.74, 6) is 0.530. The molecule has 0 aliphatic carbocycles. The minimum absolute atomic E-state index is 0.0776. The number of unbranched alkanes of at least 4 members (excludes halogenated alkanes) is 1. The molecular formula is C21H22ClN3OS. The number of hydrogen-bond acceptors (Lipinski definition) is 4. The highest BCUT2D eigenvalue weighted by Crippen LogP contribution is 2.24. The normalized spacial score (nSPS) is 10.7. The topological polar surface area (TPSA) is 54.0 Å². The third-order valence-corrected chi connectivity index (χ3v) is 5.31. The van der Waals surface area contributed by atoms with Crippen LogP contribution in [0, 0.1) is 0 Å². The molecule has 1 amide bonds. The van der Waals surface area contributed by atoms with Crippen molar-refractivity contribution < 1.29 is 4.79 Å². The number of aromatic nitrogens is 1. The Labute approximate surface area is 168 Å². The fourth-order valence-electron chi connectivity index (χ4n) is 2.69. The third kappa shape index (κ3) is 6.15. The lowest BCUT2D eigenvalue weighted by atomic mass is 10.2. The van der Waals surface area contributed by atoms with E-state index in [2.05, 4.69) is 15.6 Å². The van der Waals surface area contributed by atoms with Gasteiger partial charge in [0.15, 0.2) is 0 Å². The Hall–Kier alpha value is -2.24. The van der Waals surface area contributed by atoms with Gasteiger partial charge in [-0.3, -0.25) is 9.78 Å². The van der Waals surface area contributed by atoms with Gasteiger partial charge in [0.2, 0.25) is 5.91 Å². The highest BCUT2D eigenvalue weighted by molar-refractivity contribution is 8.00. The first-order valence-electron chi connectivity index (χ1n) is 8.95. The molecule has 0 radical (unpaired) electrons. The zero-order chi connectivity index (χ0) is 18.9. The van der Waals surface area contributed by atoms with E-state index in [1.165, 1.54) is 0 Å². The number of nitrogens with one attached hydrogen (secondary N) is 2. The maximum absolute atomic E-state index is 11.9. The van der Waals surface area contributed by atoms with Gasteiger partial charge in [0, 0.05) is 40.3 Å². The largest absolute Gasteiger partial charge is 0.384 e. The summed E-state index contributed by atoms with van der Waals surface area (Å²) in [5.41, 5.74) is 1.94. The van der Waals surface area contributed by atoms with Crippen LogP contribution in [0.25, 0.3) is 10.9 Å². The molecule has 4 nitrogen and oxygen atoms in total. The Balaban J connectivity index is 1.33. The smallest absolute Gasteiger partial charge is 0.230 e. The molecule has 0 bridgehead atoms. The van der Waals surface area contributed by atoms with Gasteiger partial charge in [-0.2, -0.15) is 0 Å². The highest BCUT2D eigenvalue weighted by atomic mass is 35.5. The molecule has 0 aliphatic heterocycles. The molecule has 2 aromatic carbocycles. The number of nitrogens with zero attached hydrogens (tertiary/aromatic N) is 1. The predicted molar refractivity (Wildman–Crippen MR) is 115 cm³/mol. The minimum Gasteiger partial charge on any atom is -0.384 e. The van der Waals surface area contributed by atoms with E-state index in [0.717, 1.165) is 40.9 Å². The van der Waals surface area contributed by atoms with Gasteiger partial charge in [-0.1, -0.05) is 29.8 Å². The van der Waals surface area contributed by atoms with Gasteiger partial charge < -0.3 is 10.6 Å². The van der Waals surface area contributed by atoms with Crippen molar-refractivity contribution >= 4 is 45.9 Å². The number of anilines is 1. The van der Waals surface area contributed by atoms with Crippen molar-refractivity contribution in [3.05, 3.63) is 65.8 Å². The zero-order valence-corrected chi connectivity index (χ0v) is 16.5. The summed E-state index contributed by atoms with van der Waals surface area (Å²) in [5, 5.41) is 8.17. The first-order chi connectivity index (χ1) is 13.2. The molecule has 0 unspecified atom stereocenters. The van der Waals surface area contributed by atoms with Gasteiger partial charge >= 0.3 is 0 Å². The van der Waals surface area contributed by atoms with Crippen LogP contribution in [0.1, 0.15) is 12.8 Å². The van der Waals surface area contributed by atoms with Crippen LogP contribution in [0.4, 0.5) is 5.69 Å². The fourth-order valence-corrected chi connectivity index (χ4v) is 3.61. The molecule has 3 aromatic rings. The summed E-state index contributed by atoms with van der Waals surface area (Å²) in [6.45, 7) is 1.54. The first-order valence-corrected chi connectivity index (χ1v) is 10.3. The molecule has 1 aromatic heterocycles. The van der Waals surface area contributed by atoms with Gasteiger partial charge in [0.1, 0.15) is 0 Å². The van der Waals surface area contributed by atoms with E-state index in [1.807, 2.05) is 54.6 Å². The van der Waals surface area contributed by atoms with E-state index in [1.54, 1.807) is 18.0 Å². The average molecular weight is 400 g/mol. The number of halogens is 1. The van der Waals surface area contributed by atoms with Gasteiger partial charge in [-0.15, -0.1) is 11.8 Å². The second-order valence-corrected chi connectivity index (χ2v) is 7.59. The lowest BCUT2D eigenvalue weighted by Crippen LogP contribution is -2.26. The highest BCUT2D eigenvalue weighted by Gasteiger charge is 2.03. The van der Waals surface area contributed by atoms with Crippen LogP contribution in [-0.2, 0) is 4.79 Å². The Bertz CT molecular complexity index is 889. The van der Waals surface area contributed by atoms with Crippen LogP contribution in [0.2, 0.25) is 5.02 Å². The minimum atomic E-state index is 0.0776. The van der Waals surface area contributed by atoms with Crippen molar-refractivity contribution in [2.45, 2.75) is 17.7 Å². The van der Waals surface area contributed by atoms with Crippen LogP contribution in [0.15, 0.2) is 65.7 Å². The van der Waals surface area contributed by atoms with E-state index in [9.17, 15) is 4.79 Å². The Kier molecular flexibility index (Phi) is 7.36. The molecule has 0 aliphatic rings. The molecule has 0 saturated carbocycles. The fraction of sp³-hybridized carbons (Fsp3) is 0.238. The third-order valence-electron chi connectivity index (χ3n) is 4.06. The number of fused-ring (bicyclic) bond motifs is 1. The first kappa shape index (κ1) is 19.5. The quantitative estimate of drug-likeness (QED) is 0.393. The average Bonchev–Trinajstić information content (AvgIpc) is 2.69. The molecule has 0 fully saturated rings. The predicted octanol–water partition coefficient (Wildman–Crippen LogP) is 4.99. The molecule has 6 heteroatoms. The van der Waals surface area contributed by atoms with Crippen molar-refractivity contribution in [3.63, 3.8) is 0 Å². The van der Waals surface area contributed by atoms with E-state index >= 15 is 0 Å². The second kappa shape index (κ2) is 10.2. The molecule has 2 N–H and O–H groups in total. The maximum Gasteiger partial charge on any atom is 0.230 e. The van der Waals surface area contributed by atoms with E-state index in [0.29, 0.717) is 17.3 Å². The van der Waals surface area contributed by atoms with Crippen molar-refractivity contribution in [1.82, 2.24) is 10.3 Å². The molecule has 3 rings (SSSR count). The summed E-state index contributed by atoms with van der Waals surface area (Å²) in [6.07, 6.45) is 3.69. The summed E-state index contributed by atoms with van der Waals surface area (Å²) in [6, 6.07) is 17.7. The van der Waals surface area contributed by atoms with Crippen LogP contribution < -0.4 is 10.6 Å². The molecule has 0 atom stereocenters. The van der Waals surface area contributed by atoms with Crippen molar-refractivity contribution in [3.8, 4) is 0 Å². The lowest BCUT2D eigenvalue weighted by Gasteiger charge is -2.10. The number of amides is 1. The number of carbonyl (C=O) groups excluding carboxylic acids is 1. The summed E-state index contributed by atoms with van der Waals surface area (Å²) in [7, 11) is 0. The van der Waals surface area contributed by atoms with E-state index in [4.69, 9.17) is 11.6 Å². The lowest BCUT2D eigenvalue weighted by molar-refractivity contribution is -0.118. The van der Waals surface area contributed by atoms with Gasteiger partial charge in [0.25, 0.3) is 0 Å². The molecule has 0 spiro atoms. The van der Waals surface area contributed by atoms with Gasteiger partial charge in [-0.25, -0.2) is 0 Å². The number of hydrogen-bond donors (Lipinski definition) is 2. The summed E-state index contributed by atoms with van der Waals surface area (Å²) >= 11 is 7.58. The summed E-state index contributed by atoms with van der Waals surface area (Å²) < 4.78 is 0. The molecular weight excluding hydrogens is 378 g/mol. The van der Waals surface area contributed by atoms with Gasteiger partial charge in [0.05, 0.1) is 11.3 Å². The van der Waals surface area contributed by atoms with Crippen molar-refractivity contribution in [2.75, 3.05) is 24.2 Å². The van der Waals surface area contributed by atoms with Crippen LogP contribution in [0.5, 0.6) is 0 Å². The van der Waals surface area contributed by atoms with Gasteiger partial charge in [-0.05, 0) is 49.2 Å². The van der Waals surface area contributed by atoms with Crippen LogP contribution >= 0.6 is 23.4 Å². The molecule has 140 valence electrons. The monoisotopic (exact) mass is 399 g/mol. The molecule has 27 heavy (non-hydrogen) atoms. The van der Waals surface area contributed by atoms with Crippen molar-refractivity contribution in [1.29, 1.82) is 0 Å². The molecule has 0 saturated heterocycles. The Morgan fingerprint density at radius 3 is 2.70 bits per heavy atom. The standard InChI is InChI=1S/C21H22ClN3OS/c22-16-8-9-18-19(10-13-24-20(18)14-16)23-11-4-5-12-25-21(26)15-27-17-6-2-1-3-7-17/h1-3,6-10,13-14H,4-5,11-12,15H2,(H,23,24)(H,25,26). The molecule has 1 heterocycles. The SMILES string of the molecule is O=C(CSc1ccccc1)NCCCCNc1ccnc2cc(Cl)ccc12. The van der Waals surface area contributed by atoms with E-state index < -0.39 is 0 Å². The van der Waals surface area contributed by atoms with E-state index in [-0.39, 0.29) is 5.91 Å². The van der Waals surface area contributed by atoms with Crippen LogP contribution in [-0.4, -0.2) is 29.7 Å². The zero-order valence-electron chi connectivity index (χ0n) is 15.0. The Morgan fingerprint density at radius 1 is 1.04 bits per heavy atom.